The van der Waals surface area contributed by atoms with Crippen LogP contribution in [-0.4, -0.2) is 62.0 Å². The van der Waals surface area contributed by atoms with Crippen LogP contribution in [0.1, 0.15) is 13.3 Å². The monoisotopic (exact) mass is 485 g/mol. The molecule has 1 aliphatic heterocycles. The summed E-state index contributed by atoms with van der Waals surface area (Å²) < 4.78 is 69.4. The van der Waals surface area contributed by atoms with Crippen LogP contribution < -0.4 is 28.7 Å². The number of hydrogen-bond acceptors (Lipinski definition) is 7. The van der Waals surface area contributed by atoms with Crippen molar-refractivity contribution < 1.29 is 31.4 Å². The van der Waals surface area contributed by atoms with E-state index >= 15 is 0 Å². The fourth-order valence-electron chi connectivity index (χ4n) is 3.71. The third-order valence-corrected chi connectivity index (χ3v) is 7.10. The summed E-state index contributed by atoms with van der Waals surface area (Å²) in [6, 6.07) is 8.88. The van der Waals surface area contributed by atoms with Gasteiger partial charge in [0.2, 0.25) is 0 Å². The largest absolute Gasteiger partial charge is 0.495 e. The summed E-state index contributed by atoms with van der Waals surface area (Å²) in [5.74, 6) is 0.422. The Balaban J connectivity index is 2.04. The van der Waals surface area contributed by atoms with Crippen LogP contribution in [0.15, 0.2) is 41.3 Å². The maximum Gasteiger partial charge on any atom is 0.387 e. The number of alkyl halides is 2. The highest BCUT2D eigenvalue weighted by atomic mass is 32.2. The Bertz CT molecular complexity index is 1050. The summed E-state index contributed by atoms with van der Waals surface area (Å²) in [5.41, 5.74) is 0.890. The molecule has 1 heterocycles. The summed E-state index contributed by atoms with van der Waals surface area (Å²) in [6.45, 7) is 1.90. The van der Waals surface area contributed by atoms with E-state index in [1.807, 2.05) is 6.92 Å². The fourth-order valence-corrected chi connectivity index (χ4v) is 5.28. The van der Waals surface area contributed by atoms with Gasteiger partial charge in [0.25, 0.3) is 10.0 Å². The number of nitrogens with one attached hydrogen (secondary N) is 1. The lowest BCUT2D eigenvalue weighted by Crippen LogP contribution is -2.43. The molecule has 0 amide bonds. The number of benzene rings is 2. The van der Waals surface area contributed by atoms with E-state index in [2.05, 4.69) is 15.0 Å². The predicted molar refractivity (Wildman–Crippen MR) is 123 cm³/mol. The van der Waals surface area contributed by atoms with Gasteiger partial charge in [0.1, 0.15) is 5.75 Å². The molecule has 1 saturated heterocycles. The highest BCUT2D eigenvalue weighted by Crippen LogP contribution is 2.37. The lowest BCUT2D eigenvalue weighted by Gasteiger charge is -2.31. The van der Waals surface area contributed by atoms with Gasteiger partial charge in [0.05, 0.1) is 30.5 Å². The SMILES string of the molecule is CCCN(c1ccc(OC)c(OC(F)F)c1)S(=O)(=O)c1ccc(OC)c(N2CCNCC2)c1. The first-order valence-electron chi connectivity index (χ1n) is 10.6. The number of rotatable bonds is 10. The summed E-state index contributed by atoms with van der Waals surface area (Å²) >= 11 is 0. The van der Waals surface area contributed by atoms with E-state index in [-0.39, 0.29) is 28.6 Å². The van der Waals surface area contributed by atoms with E-state index in [0.29, 0.717) is 30.9 Å². The molecule has 33 heavy (non-hydrogen) atoms. The highest BCUT2D eigenvalue weighted by Gasteiger charge is 2.28. The van der Waals surface area contributed by atoms with Crippen LogP contribution in [0.3, 0.4) is 0 Å². The lowest BCUT2D eigenvalue weighted by atomic mass is 10.2. The molecule has 0 aliphatic carbocycles. The smallest absolute Gasteiger partial charge is 0.387 e. The fraction of sp³-hybridized carbons (Fsp3) is 0.455. The van der Waals surface area contributed by atoms with E-state index in [1.54, 1.807) is 19.2 Å². The summed E-state index contributed by atoms with van der Waals surface area (Å²) in [4.78, 5) is 2.15. The molecule has 1 aliphatic rings. The minimum Gasteiger partial charge on any atom is -0.495 e. The standard InChI is InChI=1S/C22H29F2N3O5S/c1-4-11-27(16-5-7-20(31-3)21(14-16)32-22(23)24)33(28,29)17-6-8-19(30-2)18(15-17)26-12-9-25-10-13-26/h5-8,14-15,22,25H,4,9-13H2,1-3H3. The molecule has 1 fully saturated rings. The molecule has 1 N–H and O–H groups in total. The van der Waals surface area contributed by atoms with Gasteiger partial charge in [-0.1, -0.05) is 6.92 Å². The van der Waals surface area contributed by atoms with Gasteiger partial charge in [-0.3, -0.25) is 4.31 Å². The zero-order valence-corrected chi connectivity index (χ0v) is 19.7. The zero-order chi connectivity index (χ0) is 24.0. The third kappa shape index (κ3) is 5.59. The van der Waals surface area contributed by atoms with Crippen LogP contribution in [0, 0.1) is 0 Å². The van der Waals surface area contributed by atoms with Crippen molar-refractivity contribution in [3.8, 4) is 17.2 Å². The van der Waals surface area contributed by atoms with Gasteiger partial charge in [-0.15, -0.1) is 0 Å². The molecule has 0 aromatic heterocycles. The molecular formula is C22H29F2N3O5S. The number of hydrogen-bond donors (Lipinski definition) is 1. The first-order valence-corrected chi connectivity index (χ1v) is 12.0. The van der Waals surface area contributed by atoms with Gasteiger partial charge in [-0.25, -0.2) is 8.42 Å². The Morgan fingerprint density at radius 2 is 1.70 bits per heavy atom. The van der Waals surface area contributed by atoms with Gasteiger partial charge in [0.15, 0.2) is 11.5 Å². The van der Waals surface area contributed by atoms with Crippen molar-refractivity contribution in [2.45, 2.75) is 24.9 Å². The highest BCUT2D eigenvalue weighted by molar-refractivity contribution is 7.92. The second-order valence-corrected chi connectivity index (χ2v) is 9.22. The van der Waals surface area contributed by atoms with Gasteiger partial charge in [-0.2, -0.15) is 8.78 Å². The number of piperazine rings is 1. The van der Waals surface area contributed by atoms with Crippen molar-refractivity contribution in [1.82, 2.24) is 5.32 Å². The van der Waals surface area contributed by atoms with Crippen molar-refractivity contribution in [3.05, 3.63) is 36.4 Å². The summed E-state index contributed by atoms with van der Waals surface area (Å²) in [6.07, 6.45) is 0.511. The Morgan fingerprint density at radius 3 is 2.30 bits per heavy atom. The van der Waals surface area contributed by atoms with Crippen LogP contribution in [0.2, 0.25) is 0 Å². The van der Waals surface area contributed by atoms with Crippen LogP contribution in [0.4, 0.5) is 20.2 Å². The molecule has 182 valence electrons. The number of nitrogens with zero attached hydrogens (tertiary/aromatic N) is 2. The van der Waals surface area contributed by atoms with Crippen LogP contribution in [0.25, 0.3) is 0 Å². The average molecular weight is 486 g/mol. The van der Waals surface area contributed by atoms with Crippen LogP contribution >= 0.6 is 0 Å². The van der Waals surface area contributed by atoms with Crippen molar-refractivity contribution in [3.63, 3.8) is 0 Å². The van der Waals surface area contributed by atoms with Gasteiger partial charge in [0, 0.05) is 38.8 Å². The first kappa shape index (κ1) is 24.8. The molecule has 0 atom stereocenters. The van der Waals surface area contributed by atoms with Crippen LogP contribution in [0.5, 0.6) is 17.2 Å². The number of methoxy groups -OCH3 is 2. The number of halogens is 2. The number of anilines is 2. The van der Waals surface area contributed by atoms with Crippen molar-refractivity contribution in [2.24, 2.45) is 0 Å². The molecule has 0 bridgehead atoms. The van der Waals surface area contributed by atoms with E-state index in [4.69, 9.17) is 9.47 Å². The zero-order valence-electron chi connectivity index (χ0n) is 18.9. The topological polar surface area (TPSA) is 80.3 Å². The van der Waals surface area contributed by atoms with Gasteiger partial charge in [-0.05, 0) is 36.8 Å². The number of ether oxygens (including phenoxy) is 3. The second kappa shape index (κ2) is 10.9. The molecule has 11 heteroatoms. The van der Waals surface area contributed by atoms with E-state index in [1.165, 1.54) is 35.7 Å². The summed E-state index contributed by atoms with van der Waals surface area (Å²) in [7, 11) is -1.15. The molecule has 0 unspecified atom stereocenters. The quantitative estimate of drug-likeness (QED) is 0.553. The van der Waals surface area contributed by atoms with Gasteiger partial charge < -0.3 is 24.4 Å². The van der Waals surface area contributed by atoms with Crippen molar-refractivity contribution >= 4 is 21.4 Å². The molecular weight excluding hydrogens is 456 g/mol. The van der Waals surface area contributed by atoms with E-state index < -0.39 is 16.6 Å². The van der Waals surface area contributed by atoms with E-state index in [9.17, 15) is 17.2 Å². The first-order chi connectivity index (χ1) is 15.8. The summed E-state index contributed by atoms with van der Waals surface area (Å²) in [5, 5.41) is 3.27. The Labute approximate surface area is 193 Å². The lowest BCUT2D eigenvalue weighted by molar-refractivity contribution is -0.0511. The van der Waals surface area contributed by atoms with Crippen LogP contribution in [-0.2, 0) is 10.0 Å². The molecule has 0 spiro atoms. The minimum absolute atomic E-state index is 0.0810. The number of sulfonamides is 1. The Kier molecular flexibility index (Phi) is 8.20. The Hall–Kier alpha value is -2.79. The maximum atomic E-state index is 13.7. The van der Waals surface area contributed by atoms with E-state index in [0.717, 1.165) is 13.1 Å². The maximum absolute atomic E-state index is 13.7. The molecule has 3 rings (SSSR count). The third-order valence-electron chi connectivity index (χ3n) is 5.27. The molecule has 2 aromatic carbocycles. The van der Waals surface area contributed by atoms with Gasteiger partial charge >= 0.3 is 6.61 Å². The minimum atomic E-state index is -4.02. The normalized spacial score (nSPS) is 14.3. The average Bonchev–Trinajstić information content (AvgIpc) is 2.82. The molecule has 0 saturated carbocycles. The predicted octanol–water partition coefficient (Wildman–Crippen LogP) is 3.32. The molecule has 2 aromatic rings. The molecule has 8 nitrogen and oxygen atoms in total. The van der Waals surface area contributed by atoms with Crippen molar-refractivity contribution in [1.29, 1.82) is 0 Å². The second-order valence-electron chi connectivity index (χ2n) is 7.36. The Morgan fingerprint density at radius 1 is 1.03 bits per heavy atom. The molecule has 0 radical (unpaired) electrons. The van der Waals surface area contributed by atoms with Crippen molar-refractivity contribution in [2.75, 3.05) is 56.1 Å².